The van der Waals surface area contributed by atoms with E-state index in [0.29, 0.717) is 0 Å². The van der Waals surface area contributed by atoms with Crippen molar-refractivity contribution in [2.45, 2.75) is 19.9 Å². The minimum atomic E-state index is -1.19. The zero-order valence-corrected chi connectivity index (χ0v) is 12.1. The van der Waals surface area contributed by atoms with Crippen LogP contribution >= 0.6 is 24.8 Å². The summed E-state index contributed by atoms with van der Waals surface area (Å²) in [5, 5.41) is 9.78. The van der Waals surface area contributed by atoms with Crippen molar-refractivity contribution in [2.24, 2.45) is 0 Å². The van der Waals surface area contributed by atoms with Gasteiger partial charge in [0, 0.05) is 6.04 Å². The Morgan fingerprint density at radius 1 is 1.21 bits per heavy atom. The molecule has 0 saturated carbocycles. The Labute approximate surface area is 122 Å². The third-order valence-electron chi connectivity index (χ3n) is 2.69. The highest BCUT2D eigenvalue weighted by molar-refractivity contribution is 5.92. The van der Waals surface area contributed by atoms with Gasteiger partial charge in [0.15, 0.2) is 0 Å². The van der Waals surface area contributed by atoms with Crippen molar-refractivity contribution in [2.75, 3.05) is 0 Å². The van der Waals surface area contributed by atoms with Crippen LogP contribution in [0.1, 0.15) is 30.2 Å². The number of para-hydroxylation sites is 1. The molecule has 104 valence electrons. The van der Waals surface area contributed by atoms with Gasteiger partial charge in [0.2, 0.25) is 0 Å². The Morgan fingerprint density at radius 2 is 1.79 bits per heavy atom. The molecule has 19 heavy (non-hydrogen) atoms. The molecule has 0 spiro atoms. The quantitative estimate of drug-likeness (QED) is 0.927. The first-order chi connectivity index (χ1) is 8.02. The largest absolute Gasteiger partial charge is 0.477 e. The lowest BCUT2D eigenvalue weighted by atomic mass is 10.1. The number of nitrogens with zero attached hydrogens (tertiary/aromatic N) is 1. The molecule has 1 aromatic carbocycles. The van der Waals surface area contributed by atoms with E-state index >= 15 is 0 Å². The van der Waals surface area contributed by atoms with Crippen LogP contribution in [0.15, 0.2) is 35.1 Å². The molecule has 0 saturated heterocycles. The van der Waals surface area contributed by atoms with Crippen LogP contribution in [-0.4, -0.2) is 15.6 Å². The molecule has 0 fully saturated rings. The normalized spacial score (nSPS) is 9.84. The zero-order chi connectivity index (χ0) is 12.6. The third-order valence-corrected chi connectivity index (χ3v) is 2.69. The summed E-state index contributed by atoms with van der Waals surface area (Å²) in [7, 11) is 0. The molecule has 0 aliphatic carbocycles. The minimum Gasteiger partial charge on any atom is -0.477 e. The van der Waals surface area contributed by atoms with Gasteiger partial charge in [-0.2, -0.15) is 0 Å². The summed E-state index contributed by atoms with van der Waals surface area (Å²) in [4.78, 5) is 23.1. The van der Waals surface area contributed by atoms with E-state index in [1.807, 2.05) is 32.0 Å². The van der Waals surface area contributed by atoms with E-state index in [0.717, 1.165) is 10.9 Å². The lowest BCUT2D eigenvalue weighted by Crippen LogP contribution is -2.27. The van der Waals surface area contributed by atoms with Crippen LogP contribution in [0.25, 0.3) is 10.9 Å². The molecule has 2 aromatic rings. The molecule has 0 amide bonds. The van der Waals surface area contributed by atoms with Crippen LogP contribution in [0.4, 0.5) is 0 Å². The maximum absolute atomic E-state index is 12.0. The molecule has 0 aliphatic rings. The van der Waals surface area contributed by atoms with Gasteiger partial charge in [-0.05, 0) is 31.4 Å². The molecule has 0 aliphatic heterocycles. The van der Waals surface area contributed by atoms with E-state index in [4.69, 9.17) is 5.11 Å². The van der Waals surface area contributed by atoms with Crippen LogP contribution in [0.2, 0.25) is 0 Å². The number of fused-ring (bicyclic) bond motifs is 1. The predicted molar refractivity (Wildman–Crippen MR) is 80.0 cm³/mol. The summed E-state index contributed by atoms with van der Waals surface area (Å²) in [5.74, 6) is -1.19. The lowest BCUT2D eigenvalue weighted by Gasteiger charge is -2.14. The number of aromatic carboxylic acids is 1. The summed E-state index contributed by atoms with van der Waals surface area (Å²) in [6.07, 6.45) is 0. The Bertz CT molecular complexity index is 650. The first-order valence-corrected chi connectivity index (χ1v) is 5.40. The van der Waals surface area contributed by atoms with Gasteiger partial charge in [0.25, 0.3) is 5.56 Å². The number of rotatable bonds is 2. The van der Waals surface area contributed by atoms with Gasteiger partial charge in [-0.15, -0.1) is 24.8 Å². The monoisotopic (exact) mass is 303 g/mol. The first kappa shape index (κ1) is 17.5. The smallest absolute Gasteiger partial charge is 0.341 e. The Balaban J connectivity index is 0.00000162. The first-order valence-electron chi connectivity index (χ1n) is 5.40. The van der Waals surface area contributed by atoms with Crippen LogP contribution in [-0.2, 0) is 0 Å². The van der Waals surface area contributed by atoms with Crippen molar-refractivity contribution in [3.63, 3.8) is 0 Å². The minimum absolute atomic E-state index is 0. The number of halogens is 2. The Hall–Kier alpha value is -1.52. The Morgan fingerprint density at radius 3 is 2.32 bits per heavy atom. The SMILES string of the molecule is CC(C)n1c(=O)c(C(=O)O)cc2ccccc21.Cl.Cl. The molecule has 1 N–H and O–H groups in total. The molecule has 6 heteroatoms. The number of hydrogen-bond donors (Lipinski definition) is 1. The van der Waals surface area contributed by atoms with E-state index in [1.165, 1.54) is 10.6 Å². The molecule has 4 nitrogen and oxygen atoms in total. The molecule has 0 atom stereocenters. The fraction of sp³-hybridized carbons (Fsp3) is 0.231. The average Bonchev–Trinajstić information content (AvgIpc) is 2.27. The molecule has 0 bridgehead atoms. The van der Waals surface area contributed by atoms with Crippen molar-refractivity contribution in [1.29, 1.82) is 0 Å². The van der Waals surface area contributed by atoms with Crippen molar-refractivity contribution < 1.29 is 9.90 Å². The van der Waals surface area contributed by atoms with Crippen molar-refractivity contribution in [1.82, 2.24) is 4.57 Å². The summed E-state index contributed by atoms with van der Waals surface area (Å²) in [6, 6.07) is 8.64. The van der Waals surface area contributed by atoms with Crippen LogP contribution in [0, 0.1) is 0 Å². The van der Waals surface area contributed by atoms with Gasteiger partial charge in [-0.1, -0.05) is 18.2 Å². The van der Waals surface area contributed by atoms with E-state index in [2.05, 4.69) is 0 Å². The summed E-state index contributed by atoms with van der Waals surface area (Å²) < 4.78 is 1.51. The van der Waals surface area contributed by atoms with Gasteiger partial charge < -0.3 is 9.67 Å². The lowest BCUT2D eigenvalue weighted by molar-refractivity contribution is 0.0694. The second-order valence-electron chi connectivity index (χ2n) is 4.19. The number of carboxylic acids is 1. The van der Waals surface area contributed by atoms with E-state index in [1.54, 1.807) is 6.07 Å². The van der Waals surface area contributed by atoms with E-state index in [-0.39, 0.29) is 36.4 Å². The molecule has 0 radical (unpaired) electrons. The van der Waals surface area contributed by atoms with Crippen LogP contribution in [0.5, 0.6) is 0 Å². The highest BCUT2D eigenvalue weighted by Gasteiger charge is 2.15. The standard InChI is InChI=1S/C13H13NO3.2ClH/c1-8(2)14-11-6-4-3-5-9(11)7-10(12(14)15)13(16)17;;/h3-8H,1-2H3,(H,16,17);2*1H. The van der Waals surface area contributed by atoms with Gasteiger partial charge in [0.1, 0.15) is 5.56 Å². The summed E-state index contributed by atoms with van der Waals surface area (Å²) >= 11 is 0. The molecule has 1 heterocycles. The summed E-state index contributed by atoms with van der Waals surface area (Å²) in [6.45, 7) is 3.72. The second kappa shape index (κ2) is 6.59. The second-order valence-corrected chi connectivity index (χ2v) is 4.19. The third kappa shape index (κ3) is 3.08. The van der Waals surface area contributed by atoms with Gasteiger partial charge in [-0.25, -0.2) is 4.79 Å². The van der Waals surface area contributed by atoms with Crippen molar-refractivity contribution in [3.05, 3.63) is 46.2 Å². The topological polar surface area (TPSA) is 59.3 Å². The fourth-order valence-corrected chi connectivity index (χ4v) is 1.95. The van der Waals surface area contributed by atoms with Crippen LogP contribution < -0.4 is 5.56 Å². The molecular formula is C13H15Cl2NO3. The van der Waals surface area contributed by atoms with Crippen LogP contribution in [0.3, 0.4) is 0 Å². The highest BCUT2D eigenvalue weighted by atomic mass is 35.5. The number of aromatic nitrogens is 1. The predicted octanol–water partition coefficient (Wildman–Crippen LogP) is 3.12. The van der Waals surface area contributed by atoms with E-state index < -0.39 is 11.5 Å². The molecule has 0 unspecified atom stereocenters. The highest BCUT2D eigenvalue weighted by Crippen LogP contribution is 2.16. The summed E-state index contributed by atoms with van der Waals surface area (Å²) in [5.41, 5.74) is 0.126. The maximum atomic E-state index is 12.0. The molecule has 2 rings (SSSR count). The average molecular weight is 304 g/mol. The maximum Gasteiger partial charge on any atom is 0.341 e. The zero-order valence-electron chi connectivity index (χ0n) is 10.5. The number of carbonyl (C=O) groups is 1. The van der Waals surface area contributed by atoms with Crippen molar-refractivity contribution >= 4 is 41.7 Å². The number of hydrogen-bond acceptors (Lipinski definition) is 2. The number of pyridine rings is 1. The van der Waals surface area contributed by atoms with E-state index in [9.17, 15) is 9.59 Å². The Kier molecular flexibility index (Phi) is 6.06. The van der Waals surface area contributed by atoms with Gasteiger partial charge in [-0.3, -0.25) is 4.79 Å². The number of benzene rings is 1. The van der Waals surface area contributed by atoms with Crippen molar-refractivity contribution in [3.8, 4) is 0 Å². The van der Waals surface area contributed by atoms with Gasteiger partial charge in [0.05, 0.1) is 5.52 Å². The fourth-order valence-electron chi connectivity index (χ4n) is 1.95. The number of carboxylic acid groups (broad SMARTS) is 1. The van der Waals surface area contributed by atoms with Gasteiger partial charge >= 0.3 is 5.97 Å². The molecular weight excluding hydrogens is 289 g/mol. The molecule has 1 aromatic heterocycles.